The second-order valence-corrected chi connectivity index (χ2v) is 8.76. The molecule has 2 aliphatic rings. The minimum atomic E-state index is -0.526. The van der Waals surface area contributed by atoms with Crippen molar-refractivity contribution in [2.75, 3.05) is 63.8 Å². The van der Waals surface area contributed by atoms with E-state index in [0.29, 0.717) is 37.8 Å². The van der Waals surface area contributed by atoms with Crippen molar-refractivity contribution < 1.29 is 19.1 Å². The number of methoxy groups -OCH3 is 1. The molecule has 2 N–H and O–H groups in total. The van der Waals surface area contributed by atoms with E-state index in [0.717, 1.165) is 48.3 Å². The first-order chi connectivity index (χ1) is 17.6. The summed E-state index contributed by atoms with van der Waals surface area (Å²) < 4.78 is 12.2. The maximum atomic E-state index is 12.0. The number of fused-ring (bicyclic) bond motifs is 1. The van der Waals surface area contributed by atoms with Crippen LogP contribution >= 0.6 is 0 Å². The second-order valence-electron chi connectivity index (χ2n) is 8.76. The Kier molecular flexibility index (Phi) is 6.85. The molecule has 0 unspecified atom stereocenters. The number of urea groups is 1. The summed E-state index contributed by atoms with van der Waals surface area (Å²) in [5.74, 6) is 1.42. The first kappa shape index (κ1) is 23.8. The Balaban J connectivity index is 1.50. The molecular formula is C24H30N8O4. The van der Waals surface area contributed by atoms with Crippen molar-refractivity contribution >= 4 is 34.7 Å². The normalized spacial score (nSPS) is 16.7. The van der Waals surface area contributed by atoms with Crippen LogP contribution in [0.5, 0.6) is 0 Å². The number of benzene rings is 1. The molecule has 5 rings (SSSR count). The smallest absolute Gasteiger partial charge is 0.411 e. The van der Waals surface area contributed by atoms with Gasteiger partial charge < -0.3 is 24.6 Å². The average Bonchev–Trinajstić information content (AvgIpc) is 3.37. The van der Waals surface area contributed by atoms with Gasteiger partial charge in [-0.1, -0.05) is 0 Å². The highest BCUT2D eigenvalue weighted by Crippen LogP contribution is 2.32. The molecule has 190 valence electrons. The highest BCUT2D eigenvalue weighted by molar-refractivity contribution is 5.89. The van der Waals surface area contributed by atoms with Crippen LogP contribution in [0.2, 0.25) is 0 Å². The van der Waals surface area contributed by atoms with Crippen LogP contribution in [-0.2, 0) is 9.47 Å². The van der Waals surface area contributed by atoms with Crippen molar-refractivity contribution in [1.29, 1.82) is 0 Å². The summed E-state index contributed by atoms with van der Waals surface area (Å²) in [6, 6.07) is 7.41. The fourth-order valence-electron chi connectivity index (χ4n) is 4.67. The summed E-state index contributed by atoms with van der Waals surface area (Å²) >= 11 is 0. The van der Waals surface area contributed by atoms with Crippen LogP contribution in [0.3, 0.4) is 0 Å². The number of likely N-dealkylation sites (tertiary alicyclic amines) is 1. The fourth-order valence-corrected chi connectivity index (χ4v) is 4.67. The highest BCUT2D eigenvalue weighted by Gasteiger charge is 2.27. The Morgan fingerprint density at radius 1 is 1.06 bits per heavy atom. The first-order valence-electron chi connectivity index (χ1n) is 12.1. The molecule has 0 aliphatic carbocycles. The van der Waals surface area contributed by atoms with Gasteiger partial charge in [-0.25, -0.2) is 24.2 Å². The molecule has 2 aliphatic heterocycles. The number of nitrogens with one attached hydrogen (secondary N) is 2. The Bertz CT molecular complexity index is 1230. The number of nitrogens with zero attached hydrogens (tertiary/aromatic N) is 6. The zero-order chi connectivity index (χ0) is 25.1. The van der Waals surface area contributed by atoms with Crippen molar-refractivity contribution in [3.8, 4) is 11.4 Å². The lowest BCUT2D eigenvalue weighted by molar-refractivity contribution is 0.122. The standard InChI is InChI=1S/C24H30N8O4/c1-25-23(33)31-9-7-18(8-10-31)32-22-19(15-26-32)21(30-11-13-36-14-12-30)28-20(29-22)16-3-5-17(6-4-16)27-24(34)35-2/h3-6,15,18H,7-14H2,1-2H3,(H,25,33)(H,27,34). The number of aromatic nitrogens is 4. The lowest BCUT2D eigenvalue weighted by Gasteiger charge is -2.32. The number of carbonyl (C=O) groups excluding carboxylic acids is 2. The SMILES string of the molecule is CNC(=O)N1CCC(n2ncc3c(N4CCOCC4)nc(-c4ccc(NC(=O)OC)cc4)nc32)CC1. The summed E-state index contributed by atoms with van der Waals surface area (Å²) in [5.41, 5.74) is 2.22. The van der Waals surface area contributed by atoms with E-state index in [1.54, 1.807) is 19.2 Å². The lowest BCUT2D eigenvalue weighted by atomic mass is 10.1. The van der Waals surface area contributed by atoms with Crippen LogP contribution in [0.1, 0.15) is 18.9 Å². The Labute approximate surface area is 208 Å². The summed E-state index contributed by atoms with van der Waals surface area (Å²) in [6.45, 7) is 4.08. The molecule has 0 saturated carbocycles. The minimum Gasteiger partial charge on any atom is -0.453 e. The summed E-state index contributed by atoms with van der Waals surface area (Å²) in [5, 5.41) is 11.0. The second kappa shape index (κ2) is 10.4. The molecule has 0 bridgehead atoms. The number of rotatable bonds is 4. The van der Waals surface area contributed by atoms with Crippen molar-refractivity contribution in [2.45, 2.75) is 18.9 Å². The zero-order valence-corrected chi connectivity index (χ0v) is 20.4. The molecule has 1 aromatic carbocycles. The van der Waals surface area contributed by atoms with Gasteiger partial charge in [-0.15, -0.1) is 0 Å². The number of anilines is 2. The molecule has 0 radical (unpaired) electrons. The number of morpholine rings is 1. The van der Waals surface area contributed by atoms with Crippen molar-refractivity contribution in [3.63, 3.8) is 0 Å². The molecule has 2 saturated heterocycles. The minimum absolute atomic E-state index is 0.0527. The fraction of sp³-hybridized carbons (Fsp3) is 0.458. The number of hydrogen-bond donors (Lipinski definition) is 2. The van der Waals surface area contributed by atoms with Gasteiger partial charge in [0.1, 0.15) is 5.82 Å². The summed E-state index contributed by atoms with van der Waals surface area (Å²) in [6.07, 6.45) is 2.91. The van der Waals surface area contributed by atoms with E-state index in [4.69, 9.17) is 19.8 Å². The van der Waals surface area contributed by atoms with Gasteiger partial charge in [0.15, 0.2) is 11.5 Å². The predicted octanol–water partition coefficient (Wildman–Crippen LogP) is 2.48. The van der Waals surface area contributed by atoms with Gasteiger partial charge in [0.05, 0.1) is 37.9 Å². The van der Waals surface area contributed by atoms with Crippen LogP contribution in [0, 0.1) is 0 Å². The van der Waals surface area contributed by atoms with Gasteiger partial charge in [0.2, 0.25) is 0 Å². The van der Waals surface area contributed by atoms with E-state index in [1.165, 1.54) is 7.11 Å². The monoisotopic (exact) mass is 494 g/mol. The summed E-state index contributed by atoms with van der Waals surface area (Å²) in [7, 11) is 2.98. The number of ether oxygens (including phenoxy) is 2. The Morgan fingerprint density at radius 2 is 1.78 bits per heavy atom. The zero-order valence-electron chi connectivity index (χ0n) is 20.4. The van der Waals surface area contributed by atoms with Gasteiger partial charge >= 0.3 is 12.1 Å². The number of piperidine rings is 1. The molecule has 3 amide bonds. The van der Waals surface area contributed by atoms with Crippen LogP contribution in [-0.4, -0.2) is 90.3 Å². The van der Waals surface area contributed by atoms with Gasteiger partial charge in [-0.05, 0) is 37.1 Å². The predicted molar refractivity (Wildman–Crippen MR) is 134 cm³/mol. The maximum Gasteiger partial charge on any atom is 0.411 e. The molecular weight excluding hydrogens is 464 g/mol. The highest BCUT2D eigenvalue weighted by atomic mass is 16.5. The number of hydrogen-bond acceptors (Lipinski definition) is 8. The van der Waals surface area contributed by atoms with E-state index in [-0.39, 0.29) is 12.1 Å². The number of carbonyl (C=O) groups is 2. The van der Waals surface area contributed by atoms with Gasteiger partial charge in [0.25, 0.3) is 0 Å². The van der Waals surface area contributed by atoms with Gasteiger partial charge in [-0.2, -0.15) is 5.10 Å². The van der Waals surface area contributed by atoms with Crippen LogP contribution in [0.15, 0.2) is 30.5 Å². The Hall–Kier alpha value is -3.93. The topological polar surface area (TPSA) is 127 Å². The largest absolute Gasteiger partial charge is 0.453 e. The third-order valence-electron chi connectivity index (χ3n) is 6.63. The molecule has 2 aromatic heterocycles. The Morgan fingerprint density at radius 3 is 2.44 bits per heavy atom. The van der Waals surface area contributed by atoms with E-state index >= 15 is 0 Å². The van der Waals surface area contributed by atoms with Crippen molar-refractivity contribution in [1.82, 2.24) is 30.0 Å². The molecule has 3 aromatic rings. The molecule has 0 atom stereocenters. The van der Waals surface area contributed by atoms with Gasteiger partial charge in [0, 0.05) is 44.5 Å². The molecule has 0 spiro atoms. The van der Waals surface area contributed by atoms with Crippen LogP contribution < -0.4 is 15.5 Å². The van der Waals surface area contributed by atoms with Crippen LogP contribution in [0.25, 0.3) is 22.4 Å². The van der Waals surface area contributed by atoms with Crippen molar-refractivity contribution in [3.05, 3.63) is 30.5 Å². The third kappa shape index (κ3) is 4.76. The molecule has 2 fully saturated rings. The summed E-state index contributed by atoms with van der Waals surface area (Å²) in [4.78, 5) is 37.5. The average molecular weight is 495 g/mol. The molecule has 4 heterocycles. The van der Waals surface area contributed by atoms with E-state index < -0.39 is 6.09 Å². The molecule has 36 heavy (non-hydrogen) atoms. The molecule has 12 heteroatoms. The number of amides is 3. The quantitative estimate of drug-likeness (QED) is 0.567. The van der Waals surface area contributed by atoms with Crippen LogP contribution in [0.4, 0.5) is 21.1 Å². The van der Waals surface area contributed by atoms with E-state index in [2.05, 4.69) is 20.3 Å². The van der Waals surface area contributed by atoms with Gasteiger partial charge in [-0.3, -0.25) is 5.32 Å². The van der Waals surface area contributed by atoms with E-state index in [9.17, 15) is 9.59 Å². The lowest BCUT2D eigenvalue weighted by Crippen LogP contribution is -2.43. The maximum absolute atomic E-state index is 12.0. The first-order valence-corrected chi connectivity index (χ1v) is 12.1. The van der Waals surface area contributed by atoms with Crippen molar-refractivity contribution in [2.24, 2.45) is 0 Å². The third-order valence-corrected chi connectivity index (χ3v) is 6.63. The van der Waals surface area contributed by atoms with E-state index in [1.807, 2.05) is 27.9 Å². The molecule has 12 nitrogen and oxygen atoms in total.